The first-order valence-corrected chi connectivity index (χ1v) is 9.80. The van der Waals surface area contributed by atoms with Crippen LogP contribution in [0.1, 0.15) is 17.9 Å². The third-order valence-electron chi connectivity index (χ3n) is 4.84. The van der Waals surface area contributed by atoms with Crippen LogP contribution in [0.2, 0.25) is 5.02 Å². The second-order valence-electron chi connectivity index (χ2n) is 7.02. The largest absolute Gasteiger partial charge is 0.415 e. The summed E-state index contributed by atoms with van der Waals surface area (Å²) in [5.74, 6) is -0.311. The van der Waals surface area contributed by atoms with Crippen molar-refractivity contribution in [3.05, 3.63) is 71.3 Å². The van der Waals surface area contributed by atoms with Gasteiger partial charge in [0.05, 0.1) is 12.7 Å². The lowest BCUT2D eigenvalue weighted by molar-refractivity contribution is 0.116. The zero-order chi connectivity index (χ0) is 22.2. The molecule has 32 heavy (non-hydrogen) atoms. The number of hydrogen-bond acceptors (Lipinski definition) is 7. The van der Waals surface area contributed by atoms with Gasteiger partial charge >= 0.3 is 6.43 Å². The Morgan fingerprint density at radius 3 is 2.62 bits per heavy atom. The van der Waals surface area contributed by atoms with Crippen LogP contribution in [0, 0.1) is 0 Å². The van der Waals surface area contributed by atoms with Crippen molar-refractivity contribution in [2.45, 2.75) is 13.0 Å². The van der Waals surface area contributed by atoms with Crippen molar-refractivity contribution in [1.82, 2.24) is 30.2 Å². The molecule has 160 valence electrons. The second kappa shape index (κ2) is 7.97. The molecule has 3 aromatic heterocycles. The van der Waals surface area contributed by atoms with E-state index in [2.05, 4.69) is 25.5 Å². The molecule has 2 aromatic carbocycles. The maximum absolute atomic E-state index is 12.7. The van der Waals surface area contributed by atoms with E-state index in [-0.39, 0.29) is 5.89 Å². The average Bonchev–Trinajstić information content (AvgIpc) is 3.45. The summed E-state index contributed by atoms with van der Waals surface area (Å²) < 4.78 is 31.9. The SMILES string of the molecule is Nc1cc2cc(-c3cn(Cc4ccc(-c5nnc(C(F)F)o5)cc4Cl)nn3)ccc2cn1. The van der Waals surface area contributed by atoms with Gasteiger partial charge in [-0.25, -0.2) is 9.67 Å². The van der Waals surface area contributed by atoms with E-state index in [9.17, 15) is 8.78 Å². The molecule has 8 nitrogen and oxygen atoms in total. The van der Waals surface area contributed by atoms with Gasteiger partial charge < -0.3 is 10.2 Å². The topological polar surface area (TPSA) is 109 Å². The van der Waals surface area contributed by atoms with Crippen LogP contribution in [0.25, 0.3) is 33.5 Å². The zero-order valence-electron chi connectivity index (χ0n) is 16.3. The highest BCUT2D eigenvalue weighted by Gasteiger charge is 2.17. The van der Waals surface area contributed by atoms with Crippen LogP contribution in [0.5, 0.6) is 0 Å². The molecule has 0 unspecified atom stereocenters. The lowest BCUT2D eigenvalue weighted by Gasteiger charge is -2.05. The molecule has 0 radical (unpaired) electrons. The average molecular weight is 454 g/mol. The Balaban J connectivity index is 1.37. The number of hydrogen-bond donors (Lipinski definition) is 1. The molecule has 0 bridgehead atoms. The van der Waals surface area contributed by atoms with E-state index >= 15 is 0 Å². The fourth-order valence-electron chi connectivity index (χ4n) is 3.25. The summed E-state index contributed by atoms with van der Waals surface area (Å²) in [7, 11) is 0. The fourth-order valence-corrected chi connectivity index (χ4v) is 3.49. The first kappa shape index (κ1) is 20.0. The minimum atomic E-state index is -2.83. The van der Waals surface area contributed by atoms with E-state index in [1.54, 1.807) is 35.1 Å². The van der Waals surface area contributed by atoms with Crippen molar-refractivity contribution in [1.29, 1.82) is 0 Å². The Hall–Kier alpha value is -3.92. The fraction of sp³-hybridized carbons (Fsp3) is 0.0952. The van der Waals surface area contributed by atoms with E-state index in [1.807, 2.05) is 24.4 Å². The maximum atomic E-state index is 12.7. The van der Waals surface area contributed by atoms with Gasteiger partial charge in [0.2, 0.25) is 5.89 Å². The van der Waals surface area contributed by atoms with Crippen LogP contribution in [-0.4, -0.2) is 30.2 Å². The Morgan fingerprint density at radius 2 is 1.84 bits per heavy atom. The minimum Gasteiger partial charge on any atom is -0.415 e. The first-order valence-electron chi connectivity index (χ1n) is 9.42. The van der Waals surface area contributed by atoms with Gasteiger partial charge in [-0.2, -0.15) is 8.78 Å². The van der Waals surface area contributed by atoms with Crippen LogP contribution in [0.4, 0.5) is 14.6 Å². The molecule has 0 saturated carbocycles. The number of pyridine rings is 1. The lowest BCUT2D eigenvalue weighted by Crippen LogP contribution is -2.01. The molecule has 0 atom stereocenters. The molecule has 0 aliphatic heterocycles. The summed E-state index contributed by atoms with van der Waals surface area (Å²) >= 11 is 6.39. The zero-order valence-corrected chi connectivity index (χ0v) is 17.0. The lowest BCUT2D eigenvalue weighted by atomic mass is 10.1. The molecule has 0 amide bonds. The quantitative estimate of drug-likeness (QED) is 0.408. The van der Waals surface area contributed by atoms with Gasteiger partial charge in [0.15, 0.2) is 0 Å². The Kier molecular flexibility index (Phi) is 4.98. The molecule has 5 aromatic rings. The molecule has 0 fully saturated rings. The number of rotatable bonds is 5. The van der Waals surface area contributed by atoms with Gasteiger partial charge in [-0.15, -0.1) is 15.3 Å². The van der Waals surface area contributed by atoms with Crippen LogP contribution >= 0.6 is 11.6 Å². The van der Waals surface area contributed by atoms with Crippen LogP contribution in [0.15, 0.2) is 59.3 Å². The van der Waals surface area contributed by atoms with Gasteiger partial charge in [0.1, 0.15) is 11.5 Å². The van der Waals surface area contributed by atoms with Crippen molar-refractivity contribution >= 4 is 28.2 Å². The van der Waals surface area contributed by atoms with Crippen molar-refractivity contribution in [2.75, 3.05) is 5.73 Å². The van der Waals surface area contributed by atoms with Crippen molar-refractivity contribution in [2.24, 2.45) is 0 Å². The molecule has 5 rings (SSSR count). The van der Waals surface area contributed by atoms with Gasteiger partial charge in [0.25, 0.3) is 5.89 Å². The summed E-state index contributed by atoms with van der Waals surface area (Å²) in [5.41, 5.74) is 8.57. The smallest absolute Gasteiger partial charge is 0.314 e. The van der Waals surface area contributed by atoms with Gasteiger partial charge in [-0.05, 0) is 35.2 Å². The molecule has 0 aliphatic carbocycles. The van der Waals surface area contributed by atoms with Crippen LogP contribution in [0.3, 0.4) is 0 Å². The molecule has 3 heterocycles. The number of benzene rings is 2. The van der Waals surface area contributed by atoms with Crippen LogP contribution < -0.4 is 5.73 Å². The monoisotopic (exact) mass is 453 g/mol. The van der Waals surface area contributed by atoms with Crippen molar-refractivity contribution in [3.63, 3.8) is 0 Å². The highest BCUT2D eigenvalue weighted by Crippen LogP contribution is 2.28. The normalized spacial score (nSPS) is 11.5. The number of nitrogens with zero attached hydrogens (tertiary/aromatic N) is 6. The van der Waals surface area contributed by atoms with E-state index < -0.39 is 12.3 Å². The van der Waals surface area contributed by atoms with Gasteiger partial charge in [-0.1, -0.05) is 35.0 Å². The number of fused-ring (bicyclic) bond motifs is 1. The summed E-state index contributed by atoms with van der Waals surface area (Å²) in [4.78, 5) is 4.09. The van der Waals surface area contributed by atoms with E-state index in [0.29, 0.717) is 28.6 Å². The summed E-state index contributed by atoms with van der Waals surface area (Å²) in [6, 6.07) is 12.7. The van der Waals surface area contributed by atoms with E-state index in [4.69, 9.17) is 21.8 Å². The van der Waals surface area contributed by atoms with Gasteiger partial charge in [0, 0.05) is 27.7 Å². The molecular formula is C21H14ClF2N7O. The minimum absolute atomic E-state index is 0.0241. The predicted octanol–water partition coefficient (Wildman–Crippen LogP) is 4.76. The second-order valence-corrected chi connectivity index (χ2v) is 7.43. The first-order chi connectivity index (χ1) is 15.5. The third kappa shape index (κ3) is 3.87. The van der Waals surface area contributed by atoms with E-state index in [1.165, 1.54) is 0 Å². The number of anilines is 1. The van der Waals surface area contributed by atoms with Crippen LogP contribution in [-0.2, 0) is 6.54 Å². The number of halogens is 3. The molecule has 0 spiro atoms. The van der Waals surface area contributed by atoms with Crippen molar-refractivity contribution in [3.8, 4) is 22.7 Å². The number of nitrogens with two attached hydrogens (primary N) is 1. The molecular weight excluding hydrogens is 440 g/mol. The number of nitrogen functional groups attached to an aromatic ring is 1. The number of aromatic nitrogens is 6. The summed E-state index contributed by atoms with van der Waals surface area (Å²) in [6.45, 7) is 0.364. The highest BCUT2D eigenvalue weighted by atomic mass is 35.5. The maximum Gasteiger partial charge on any atom is 0.314 e. The predicted molar refractivity (Wildman–Crippen MR) is 114 cm³/mol. The standard InChI is InChI=1S/C21H14ClF2N7O/c22-16-6-12(20-28-29-21(32-20)19(23)24)2-4-14(16)9-31-10-17(27-30-31)11-1-3-13-8-26-18(25)7-15(13)5-11/h1-8,10,19H,9H2,(H2,25,26). The van der Waals surface area contributed by atoms with E-state index in [0.717, 1.165) is 21.9 Å². The molecule has 11 heteroatoms. The Morgan fingerprint density at radius 1 is 1.00 bits per heavy atom. The summed E-state index contributed by atoms with van der Waals surface area (Å²) in [6.07, 6.45) is 0.701. The van der Waals surface area contributed by atoms with Gasteiger partial charge in [-0.3, -0.25) is 0 Å². The third-order valence-corrected chi connectivity index (χ3v) is 5.19. The molecule has 0 aliphatic rings. The summed E-state index contributed by atoms with van der Waals surface area (Å²) in [5, 5.41) is 17.7. The Labute approximate surface area is 184 Å². The molecule has 2 N–H and O–H groups in total. The molecule has 0 saturated heterocycles. The number of alkyl halides is 2. The Bertz CT molecular complexity index is 1430. The highest BCUT2D eigenvalue weighted by molar-refractivity contribution is 6.31. The van der Waals surface area contributed by atoms with Crippen molar-refractivity contribution < 1.29 is 13.2 Å².